The molecule has 7 nitrogen and oxygen atoms in total. The molecule has 0 aliphatic rings. The van der Waals surface area contributed by atoms with Crippen molar-refractivity contribution in [1.29, 1.82) is 0 Å². The predicted octanol–water partition coefficient (Wildman–Crippen LogP) is 1.09. The van der Waals surface area contributed by atoms with E-state index >= 15 is 0 Å². The second kappa shape index (κ2) is 7.17. The van der Waals surface area contributed by atoms with E-state index in [1.165, 1.54) is 25.3 Å². The van der Waals surface area contributed by atoms with E-state index in [2.05, 4.69) is 21.2 Å². The van der Waals surface area contributed by atoms with Crippen molar-refractivity contribution < 1.29 is 19.6 Å². The molecule has 1 aromatic carbocycles. The molecule has 2 N–H and O–H groups in total. The van der Waals surface area contributed by atoms with Gasteiger partial charge in [-0.15, -0.1) is 0 Å². The summed E-state index contributed by atoms with van der Waals surface area (Å²) in [4.78, 5) is 21.9. The van der Waals surface area contributed by atoms with Crippen LogP contribution in [0.5, 0.6) is 0 Å². The van der Waals surface area contributed by atoms with Gasteiger partial charge in [-0.1, -0.05) is 15.9 Å². The zero-order valence-electron chi connectivity index (χ0n) is 10.1. The van der Waals surface area contributed by atoms with Gasteiger partial charge in [-0.2, -0.15) is 0 Å². The summed E-state index contributed by atoms with van der Waals surface area (Å²) in [5.74, 6) is -0.500. The van der Waals surface area contributed by atoms with Crippen LogP contribution in [0.3, 0.4) is 0 Å². The van der Waals surface area contributed by atoms with Crippen molar-refractivity contribution in [1.82, 2.24) is 5.32 Å². The molecule has 1 unspecified atom stereocenters. The minimum atomic E-state index is -0.823. The summed E-state index contributed by atoms with van der Waals surface area (Å²) < 4.78 is 5.15. The maximum Gasteiger partial charge on any atom is 0.271 e. The molecule has 0 heterocycles. The van der Waals surface area contributed by atoms with E-state index in [4.69, 9.17) is 4.74 Å². The second-order valence-corrected chi connectivity index (χ2v) is 4.69. The van der Waals surface area contributed by atoms with E-state index in [0.717, 1.165) is 0 Å². The van der Waals surface area contributed by atoms with Crippen molar-refractivity contribution in [2.24, 2.45) is 0 Å². The number of benzene rings is 1. The second-order valence-electron chi connectivity index (χ2n) is 3.77. The van der Waals surface area contributed by atoms with Crippen LogP contribution in [-0.4, -0.2) is 42.3 Å². The van der Waals surface area contributed by atoms with Gasteiger partial charge in [0.1, 0.15) is 0 Å². The monoisotopic (exact) mass is 332 g/mol. The average Bonchev–Trinajstić information content (AvgIpc) is 2.35. The van der Waals surface area contributed by atoms with Crippen LogP contribution >= 0.6 is 15.9 Å². The van der Waals surface area contributed by atoms with Gasteiger partial charge in [-0.3, -0.25) is 14.9 Å². The molecular formula is C11H13BrN2O5. The number of hydrogen-bond acceptors (Lipinski definition) is 5. The maximum atomic E-state index is 11.8. The number of hydrogen-bond donors (Lipinski definition) is 2. The first-order chi connectivity index (χ1) is 8.93. The van der Waals surface area contributed by atoms with Gasteiger partial charge in [0.15, 0.2) is 0 Å². The summed E-state index contributed by atoms with van der Waals surface area (Å²) in [6, 6.07) is 3.93. The summed E-state index contributed by atoms with van der Waals surface area (Å²) in [5.41, 5.74) is -0.0392. The molecule has 19 heavy (non-hydrogen) atoms. The number of nitro groups is 1. The number of aliphatic hydroxyl groups is 1. The molecule has 0 aliphatic heterocycles. The maximum absolute atomic E-state index is 11.8. The van der Waals surface area contributed by atoms with Crippen LogP contribution in [0.25, 0.3) is 0 Å². The van der Waals surface area contributed by atoms with Crippen molar-refractivity contribution in [3.8, 4) is 0 Å². The van der Waals surface area contributed by atoms with Gasteiger partial charge in [-0.25, -0.2) is 0 Å². The Bertz CT molecular complexity index is 480. The van der Waals surface area contributed by atoms with Crippen LogP contribution in [0.2, 0.25) is 0 Å². The smallest absolute Gasteiger partial charge is 0.271 e. The van der Waals surface area contributed by atoms with Crippen molar-refractivity contribution >= 4 is 27.5 Å². The van der Waals surface area contributed by atoms with Crippen LogP contribution in [-0.2, 0) is 4.74 Å². The molecule has 0 saturated carbocycles. The number of nitrogens with one attached hydrogen (secondary N) is 1. The van der Waals surface area contributed by atoms with E-state index in [1.54, 1.807) is 0 Å². The van der Waals surface area contributed by atoms with Crippen LogP contribution < -0.4 is 5.32 Å². The highest BCUT2D eigenvalue weighted by Crippen LogP contribution is 2.21. The summed E-state index contributed by atoms with van der Waals surface area (Å²) in [7, 11) is 1.43. The Morgan fingerprint density at radius 1 is 1.58 bits per heavy atom. The molecule has 104 valence electrons. The molecule has 1 amide bonds. The minimum absolute atomic E-state index is 0.00693. The van der Waals surface area contributed by atoms with Crippen molar-refractivity contribution in [3.63, 3.8) is 0 Å². The molecule has 0 spiro atoms. The van der Waals surface area contributed by atoms with E-state index in [1.807, 2.05) is 0 Å². The lowest BCUT2D eigenvalue weighted by Gasteiger charge is -2.10. The fourth-order valence-electron chi connectivity index (χ4n) is 1.37. The third-order valence-electron chi connectivity index (χ3n) is 2.21. The van der Waals surface area contributed by atoms with E-state index in [-0.39, 0.29) is 24.4 Å². The standard InChI is InChI=1S/C11H13BrN2O5/c1-19-6-10(15)5-13-11(16)7-2-8(12)4-9(3-7)14(17)18/h2-4,10,15H,5-6H2,1H3,(H,13,16). The third kappa shape index (κ3) is 4.93. The lowest BCUT2D eigenvalue weighted by atomic mass is 10.2. The molecule has 0 aliphatic carbocycles. The number of halogens is 1. The first kappa shape index (κ1) is 15.5. The minimum Gasteiger partial charge on any atom is -0.389 e. The Morgan fingerprint density at radius 2 is 2.26 bits per heavy atom. The van der Waals surface area contributed by atoms with Crippen LogP contribution in [0.1, 0.15) is 10.4 Å². The number of nitro benzene ring substituents is 1. The Morgan fingerprint density at radius 3 is 2.84 bits per heavy atom. The molecule has 0 saturated heterocycles. The highest BCUT2D eigenvalue weighted by molar-refractivity contribution is 9.10. The van der Waals surface area contributed by atoms with Crippen molar-refractivity contribution in [3.05, 3.63) is 38.3 Å². The van der Waals surface area contributed by atoms with Crippen LogP contribution in [0.15, 0.2) is 22.7 Å². The van der Waals surface area contributed by atoms with Crippen LogP contribution in [0.4, 0.5) is 5.69 Å². The third-order valence-corrected chi connectivity index (χ3v) is 2.67. The van der Waals surface area contributed by atoms with Gasteiger partial charge in [0.05, 0.1) is 17.6 Å². The van der Waals surface area contributed by atoms with E-state index < -0.39 is 16.9 Å². The fraction of sp³-hybridized carbons (Fsp3) is 0.364. The number of carbonyl (C=O) groups is 1. The molecule has 8 heteroatoms. The van der Waals surface area contributed by atoms with Gasteiger partial charge in [-0.05, 0) is 6.07 Å². The summed E-state index contributed by atoms with van der Waals surface area (Å²) in [6.45, 7) is 0.103. The Hall–Kier alpha value is -1.51. The first-order valence-corrected chi connectivity index (χ1v) is 6.13. The molecule has 1 aromatic rings. The lowest BCUT2D eigenvalue weighted by Crippen LogP contribution is -2.34. The number of ether oxygens (including phenoxy) is 1. The number of methoxy groups -OCH3 is 1. The first-order valence-electron chi connectivity index (χ1n) is 5.34. The molecular weight excluding hydrogens is 320 g/mol. The van der Waals surface area contributed by atoms with Gasteiger partial charge in [0.2, 0.25) is 0 Å². The normalized spacial score (nSPS) is 11.9. The summed E-state index contributed by atoms with van der Waals surface area (Å²) >= 11 is 3.10. The number of non-ortho nitro benzene ring substituents is 1. The lowest BCUT2D eigenvalue weighted by molar-refractivity contribution is -0.385. The number of carbonyl (C=O) groups excluding carboxylic acids is 1. The SMILES string of the molecule is COCC(O)CNC(=O)c1cc(Br)cc([N+](=O)[O-])c1. The van der Waals surface area contributed by atoms with Gasteiger partial charge >= 0.3 is 0 Å². The largest absolute Gasteiger partial charge is 0.389 e. The highest BCUT2D eigenvalue weighted by Gasteiger charge is 2.14. The van der Waals surface area contributed by atoms with Gasteiger partial charge in [0.25, 0.3) is 11.6 Å². The Labute approximate surface area is 117 Å². The number of amides is 1. The predicted molar refractivity (Wildman–Crippen MR) is 71.0 cm³/mol. The number of aliphatic hydroxyl groups excluding tert-OH is 1. The Kier molecular flexibility index (Phi) is 5.87. The molecule has 0 aromatic heterocycles. The molecule has 0 fully saturated rings. The number of rotatable bonds is 6. The zero-order valence-corrected chi connectivity index (χ0v) is 11.7. The van der Waals surface area contributed by atoms with Crippen molar-refractivity contribution in [2.45, 2.75) is 6.10 Å². The number of nitrogens with zero attached hydrogens (tertiary/aromatic N) is 1. The van der Waals surface area contributed by atoms with E-state index in [0.29, 0.717) is 4.47 Å². The quantitative estimate of drug-likeness (QED) is 0.599. The Balaban J connectivity index is 2.74. The average molecular weight is 333 g/mol. The molecule has 0 radical (unpaired) electrons. The fourth-order valence-corrected chi connectivity index (χ4v) is 1.86. The summed E-state index contributed by atoms with van der Waals surface area (Å²) in [6.07, 6.45) is -0.823. The van der Waals surface area contributed by atoms with Gasteiger partial charge in [0, 0.05) is 35.8 Å². The highest BCUT2D eigenvalue weighted by atomic mass is 79.9. The van der Waals surface area contributed by atoms with E-state index in [9.17, 15) is 20.0 Å². The van der Waals surface area contributed by atoms with Gasteiger partial charge < -0.3 is 15.2 Å². The molecule has 0 bridgehead atoms. The van der Waals surface area contributed by atoms with Crippen LogP contribution in [0, 0.1) is 10.1 Å². The zero-order chi connectivity index (χ0) is 14.4. The van der Waals surface area contributed by atoms with Crippen molar-refractivity contribution in [2.75, 3.05) is 20.3 Å². The molecule has 1 atom stereocenters. The summed E-state index contributed by atoms with van der Waals surface area (Å²) in [5, 5.41) is 22.5. The molecule has 1 rings (SSSR count). The topological polar surface area (TPSA) is 102 Å².